The maximum absolute atomic E-state index is 12.0. The smallest absolute Gasteiger partial charge is 0.230 e. The van der Waals surface area contributed by atoms with Crippen LogP contribution < -0.4 is 5.32 Å². The summed E-state index contributed by atoms with van der Waals surface area (Å²) in [5.41, 5.74) is 4.40. The summed E-state index contributed by atoms with van der Waals surface area (Å²) in [4.78, 5) is 12.0. The predicted octanol–water partition coefficient (Wildman–Crippen LogP) is 3.91. The van der Waals surface area contributed by atoms with Crippen LogP contribution in [-0.4, -0.2) is 27.9 Å². The standard InChI is InChI=1S/C19H23N3OS/c1-13-7-8-16(14(2)11-13)17-9-10-19(22-21-17)24-12-18(23)20-15-5-3-4-6-15/h7-11,15H,3-6,12H2,1-2H3,(H,20,23). The number of benzene rings is 1. The molecule has 4 nitrogen and oxygen atoms in total. The molecule has 1 aliphatic rings. The number of aromatic nitrogens is 2. The third-order valence-electron chi connectivity index (χ3n) is 4.37. The lowest BCUT2D eigenvalue weighted by molar-refractivity contribution is -0.119. The molecule has 0 aliphatic heterocycles. The van der Waals surface area contributed by atoms with Gasteiger partial charge in [-0.1, -0.05) is 48.4 Å². The molecule has 5 heteroatoms. The molecular formula is C19H23N3OS. The van der Waals surface area contributed by atoms with Gasteiger partial charge in [0.25, 0.3) is 0 Å². The lowest BCUT2D eigenvalue weighted by Crippen LogP contribution is -2.33. The highest BCUT2D eigenvalue weighted by Crippen LogP contribution is 2.24. The normalized spacial score (nSPS) is 14.8. The molecule has 1 aliphatic carbocycles. The molecule has 1 N–H and O–H groups in total. The maximum atomic E-state index is 12.0. The second-order valence-corrected chi connectivity index (χ2v) is 7.41. The molecule has 1 aromatic heterocycles. The third-order valence-corrected chi connectivity index (χ3v) is 5.29. The van der Waals surface area contributed by atoms with E-state index in [4.69, 9.17) is 0 Å². The topological polar surface area (TPSA) is 54.9 Å². The van der Waals surface area contributed by atoms with Gasteiger partial charge in [0.2, 0.25) is 5.91 Å². The Morgan fingerprint density at radius 3 is 2.62 bits per heavy atom. The molecular weight excluding hydrogens is 318 g/mol. The molecule has 1 fully saturated rings. The summed E-state index contributed by atoms with van der Waals surface area (Å²) in [6.07, 6.45) is 4.68. The number of rotatable bonds is 5. The van der Waals surface area contributed by atoms with Gasteiger partial charge in [-0.05, 0) is 44.4 Å². The van der Waals surface area contributed by atoms with Crippen molar-refractivity contribution < 1.29 is 4.79 Å². The van der Waals surface area contributed by atoms with E-state index in [1.807, 2.05) is 12.1 Å². The van der Waals surface area contributed by atoms with Crippen molar-refractivity contribution >= 4 is 17.7 Å². The van der Waals surface area contributed by atoms with Crippen molar-refractivity contribution in [3.8, 4) is 11.3 Å². The molecule has 1 aromatic carbocycles. The first-order chi connectivity index (χ1) is 11.6. The zero-order chi connectivity index (χ0) is 16.9. The van der Waals surface area contributed by atoms with Crippen molar-refractivity contribution in [2.75, 3.05) is 5.75 Å². The van der Waals surface area contributed by atoms with Gasteiger partial charge < -0.3 is 5.32 Å². The highest BCUT2D eigenvalue weighted by atomic mass is 32.2. The molecule has 1 heterocycles. The highest BCUT2D eigenvalue weighted by molar-refractivity contribution is 7.99. The molecule has 126 valence electrons. The van der Waals surface area contributed by atoms with Gasteiger partial charge in [-0.15, -0.1) is 10.2 Å². The largest absolute Gasteiger partial charge is 0.353 e. The van der Waals surface area contributed by atoms with Crippen LogP contribution in [0.1, 0.15) is 36.8 Å². The van der Waals surface area contributed by atoms with Crippen LogP contribution in [0.2, 0.25) is 0 Å². The molecule has 1 amide bonds. The Morgan fingerprint density at radius 1 is 1.17 bits per heavy atom. The van der Waals surface area contributed by atoms with E-state index in [9.17, 15) is 4.79 Å². The van der Waals surface area contributed by atoms with Crippen molar-refractivity contribution in [2.45, 2.75) is 50.6 Å². The van der Waals surface area contributed by atoms with Crippen molar-refractivity contribution in [1.29, 1.82) is 0 Å². The van der Waals surface area contributed by atoms with Gasteiger partial charge >= 0.3 is 0 Å². The Hall–Kier alpha value is -1.88. The van der Waals surface area contributed by atoms with E-state index < -0.39 is 0 Å². The molecule has 0 saturated heterocycles. The van der Waals surface area contributed by atoms with Crippen LogP contribution in [-0.2, 0) is 4.79 Å². The number of carbonyl (C=O) groups is 1. The lowest BCUT2D eigenvalue weighted by Gasteiger charge is -2.11. The zero-order valence-corrected chi connectivity index (χ0v) is 15.0. The first kappa shape index (κ1) is 17.0. The first-order valence-electron chi connectivity index (χ1n) is 8.45. The van der Waals surface area contributed by atoms with Crippen LogP contribution >= 0.6 is 11.8 Å². The fourth-order valence-electron chi connectivity index (χ4n) is 3.12. The number of aryl methyl sites for hydroxylation is 2. The Kier molecular flexibility index (Phi) is 5.51. The van der Waals surface area contributed by atoms with E-state index in [-0.39, 0.29) is 5.91 Å². The van der Waals surface area contributed by atoms with Gasteiger partial charge in [0.05, 0.1) is 11.4 Å². The molecule has 0 atom stereocenters. The summed E-state index contributed by atoms with van der Waals surface area (Å²) in [5, 5.41) is 12.4. The number of thioether (sulfide) groups is 1. The van der Waals surface area contributed by atoms with Gasteiger partial charge in [-0.2, -0.15) is 0 Å². The molecule has 0 unspecified atom stereocenters. The van der Waals surface area contributed by atoms with Crippen molar-refractivity contribution in [1.82, 2.24) is 15.5 Å². The minimum absolute atomic E-state index is 0.0900. The van der Waals surface area contributed by atoms with E-state index >= 15 is 0 Å². The second kappa shape index (κ2) is 7.79. The Labute approximate surface area is 147 Å². The molecule has 2 aromatic rings. The minimum Gasteiger partial charge on any atom is -0.353 e. The quantitative estimate of drug-likeness (QED) is 0.838. The van der Waals surface area contributed by atoms with Crippen LogP contribution in [0.25, 0.3) is 11.3 Å². The van der Waals surface area contributed by atoms with Gasteiger partial charge in [0.1, 0.15) is 5.03 Å². The fourth-order valence-corrected chi connectivity index (χ4v) is 3.75. The number of nitrogens with zero attached hydrogens (tertiary/aromatic N) is 2. The van der Waals surface area contributed by atoms with Crippen LogP contribution in [0.5, 0.6) is 0 Å². The number of hydrogen-bond acceptors (Lipinski definition) is 4. The van der Waals surface area contributed by atoms with Crippen LogP contribution in [0.3, 0.4) is 0 Å². The summed E-state index contributed by atoms with van der Waals surface area (Å²) >= 11 is 1.44. The summed E-state index contributed by atoms with van der Waals surface area (Å²) in [6.45, 7) is 4.17. The number of amides is 1. The Balaban J connectivity index is 1.57. The molecule has 0 radical (unpaired) electrons. The Morgan fingerprint density at radius 2 is 1.96 bits per heavy atom. The highest BCUT2D eigenvalue weighted by Gasteiger charge is 2.17. The van der Waals surface area contributed by atoms with Gasteiger partial charge in [-0.3, -0.25) is 4.79 Å². The first-order valence-corrected chi connectivity index (χ1v) is 9.44. The maximum Gasteiger partial charge on any atom is 0.230 e. The van der Waals surface area contributed by atoms with Crippen molar-refractivity contribution in [2.24, 2.45) is 0 Å². The minimum atomic E-state index is 0.0900. The predicted molar refractivity (Wildman–Crippen MR) is 98.1 cm³/mol. The van der Waals surface area contributed by atoms with E-state index in [1.54, 1.807) is 0 Å². The average Bonchev–Trinajstić information content (AvgIpc) is 3.06. The third kappa shape index (κ3) is 4.35. The molecule has 1 saturated carbocycles. The number of carbonyl (C=O) groups excluding carboxylic acids is 1. The number of hydrogen-bond donors (Lipinski definition) is 1. The lowest BCUT2D eigenvalue weighted by atomic mass is 10.0. The zero-order valence-electron chi connectivity index (χ0n) is 14.2. The monoisotopic (exact) mass is 341 g/mol. The molecule has 0 bridgehead atoms. The van der Waals surface area contributed by atoms with Gasteiger partial charge in [0.15, 0.2) is 0 Å². The average molecular weight is 341 g/mol. The summed E-state index contributed by atoms with van der Waals surface area (Å²) in [5.74, 6) is 0.487. The molecule has 3 rings (SSSR count). The summed E-state index contributed by atoms with van der Waals surface area (Å²) < 4.78 is 0. The van der Waals surface area contributed by atoms with Crippen LogP contribution in [0.15, 0.2) is 35.4 Å². The Bertz CT molecular complexity index is 709. The van der Waals surface area contributed by atoms with Crippen molar-refractivity contribution in [3.63, 3.8) is 0 Å². The SMILES string of the molecule is Cc1ccc(-c2ccc(SCC(=O)NC3CCCC3)nn2)c(C)c1. The van der Waals surface area contributed by atoms with Crippen LogP contribution in [0.4, 0.5) is 0 Å². The van der Waals surface area contributed by atoms with E-state index in [0.29, 0.717) is 11.8 Å². The van der Waals surface area contributed by atoms with Gasteiger partial charge in [-0.25, -0.2) is 0 Å². The van der Waals surface area contributed by atoms with E-state index in [1.165, 1.54) is 35.7 Å². The van der Waals surface area contributed by atoms with E-state index in [0.717, 1.165) is 29.1 Å². The molecule has 0 spiro atoms. The van der Waals surface area contributed by atoms with Crippen molar-refractivity contribution in [3.05, 3.63) is 41.5 Å². The summed E-state index contributed by atoms with van der Waals surface area (Å²) in [6, 6.07) is 10.6. The summed E-state index contributed by atoms with van der Waals surface area (Å²) in [7, 11) is 0. The second-order valence-electron chi connectivity index (χ2n) is 6.41. The van der Waals surface area contributed by atoms with Gasteiger partial charge in [0, 0.05) is 11.6 Å². The molecule has 24 heavy (non-hydrogen) atoms. The van der Waals surface area contributed by atoms with E-state index in [2.05, 4.69) is 47.6 Å². The fraction of sp³-hybridized carbons (Fsp3) is 0.421. The van der Waals surface area contributed by atoms with Crippen LogP contribution in [0, 0.1) is 13.8 Å². The number of nitrogens with one attached hydrogen (secondary N) is 1.